The van der Waals surface area contributed by atoms with E-state index >= 15 is 0 Å². The highest BCUT2D eigenvalue weighted by atomic mass is 16.4. The first-order chi connectivity index (χ1) is 11.7. The third kappa shape index (κ3) is 4.72. The number of rotatable bonds is 10. The van der Waals surface area contributed by atoms with Crippen molar-refractivity contribution in [2.75, 3.05) is 18.5 Å². The van der Waals surface area contributed by atoms with Gasteiger partial charge in [0.2, 0.25) is 0 Å². The Labute approximate surface area is 139 Å². The van der Waals surface area contributed by atoms with E-state index in [1.165, 1.54) is 0 Å². The number of hydrogen-bond acceptors (Lipinski definition) is 7. The lowest BCUT2D eigenvalue weighted by Crippen LogP contribution is -2.25. The fraction of sp³-hybridized carbons (Fsp3) is 0.533. The number of carbonyl (C=O) groups is 1. The summed E-state index contributed by atoms with van der Waals surface area (Å²) in [5.74, 6) is -0.759. The number of nitrogens with one attached hydrogen (secondary N) is 2. The van der Waals surface area contributed by atoms with E-state index in [4.69, 9.17) is 5.11 Å². The van der Waals surface area contributed by atoms with Crippen molar-refractivity contribution >= 4 is 11.8 Å². The van der Waals surface area contributed by atoms with Gasteiger partial charge in [0.25, 0.3) is 0 Å². The highest BCUT2D eigenvalue weighted by Crippen LogP contribution is 2.29. The van der Waals surface area contributed by atoms with Gasteiger partial charge in [-0.3, -0.25) is 4.79 Å². The third-order valence-corrected chi connectivity index (χ3v) is 3.79. The molecule has 0 saturated heterocycles. The first-order valence-corrected chi connectivity index (χ1v) is 7.91. The van der Waals surface area contributed by atoms with Crippen molar-refractivity contribution in [1.82, 2.24) is 25.6 Å². The third-order valence-electron chi connectivity index (χ3n) is 3.79. The number of pyridine rings is 1. The molecule has 2 aromatic heterocycles. The van der Waals surface area contributed by atoms with Crippen LogP contribution in [0, 0.1) is 5.92 Å². The molecule has 0 fully saturated rings. The van der Waals surface area contributed by atoms with Crippen LogP contribution >= 0.6 is 0 Å². The zero-order chi connectivity index (χ0) is 17.4. The van der Waals surface area contributed by atoms with Crippen LogP contribution in [0.25, 0.3) is 0 Å². The molecule has 0 saturated carbocycles. The van der Waals surface area contributed by atoms with E-state index < -0.39 is 11.9 Å². The molecule has 9 heteroatoms. The molecule has 0 aromatic carbocycles. The SMILES string of the molecule is CCCC(C(=O)O)C(Cc1ccc(NCCO)nc1)c1nn[nH]n1. The monoisotopic (exact) mass is 334 g/mol. The standard InChI is InChI=1S/C15H22N6O3/c1-2-3-11(15(23)24)12(14-18-20-21-19-14)8-10-4-5-13(17-9-10)16-6-7-22/h4-5,9,11-12,22H,2-3,6-8H2,1H3,(H,16,17)(H,23,24)(H,18,19,20,21). The molecule has 130 valence electrons. The Balaban J connectivity index is 2.17. The fourth-order valence-electron chi connectivity index (χ4n) is 2.64. The summed E-state index contributed by atoms with van der Waals surface area (Å²) in [6, 6.07) is 3.68. The largest absolute Gasteiger partial charge is 0.481 e. The van der Waals surface area contributed by atoms with Gasteiger partial charge in [-0.2, -0.15) is 5.21 Å². The quantitative estimate of drug-likeness (QED) is 0.501. The molecule has 2 unspecified atom stereocenters. The number of tetrazole rings is 1. The lowest BCUT2D eigenvalue weighted by Gasteiger charge is -2.21. The van der Waals surface area contributed by atoms with Gasteiger partial charge < -0.3 is 15.5 Å². The molecule has 0 aliphatic rings. The number of aliphatic hydroxyl groups excluding tert-OH is 1. The smallest absolute Gasteiger partial charge is 0.307 e. The minimum atomic E-state index is -0.860. The minimum absolute atomic E-state index is 0.0284. The van der Waals surface area contributed by atoms with Crippen molar-refractivity contribution in [3.05, 3.63) is 29.7 Å². The molecular weight excluding hydrogens is 312 g/mol. The molecule has 2 atom stereocenters. The molecule has 4 N–H and O–H groups in total. The van der Waals surface area contributed by atoms with Gasteiger partial charge in [-0.1, -0.05) is 24.6 Å². The number of H-pyrrole nitrogens is 1. The number of hydrogen-bond donors (Lipinski definition) is 4. The Morgan fingerprint density at radius 1 is 1.42 bits per heavy atom. The topological polar surface area (TPSA) is 137 Å². The van der Waals surface area contributed by atoms with Crippen LogP contribution in [-0.4, -0.2) is 54.9 Å². The highest BCUT2D eigenvalue weighted by molar-refractivity contribution is 5.71. The van der Waals surface area contributed by atoms with Crippen LogP contribution in [0.2, 0.25) is 0 Å². The number of nitrogens with zero attached hydrogens (tertiary/aromatic N) is 4. The minimum Gasteiger partial charge on any atom is -0.481 e. The molecule has 0 spiro atoms. The molecule has 9 nitrogen and oxygen atoms in total. The van der Waals surface area contributed by atoms with Gasteiger partial charge in [0, 0.05) is 18.7 Å². The predicted molar refractivity (Wildman–Crippen MR) is 86.5 cm³/mol. The van der Waals surface area contributed by atoms with E-state index in [1.54, 1.807) is 12.3 Å². The van der Waals surface area contributed by atoms with E-state index in [1.807, 2.05) is 13.0 Å². The molecule has 24 heavy (non-hydrogen) atoms. The Morgan fingerprint density at radius 2 is 2.25 bits per heavy atom. The van der Waals surface area contributed by atoms with Gasteiger partial charge in [0.1, 0.15) is 5.82 Å². The van der Waals surface area contributed by atoms with Crippen LogP contribution in [0.15, 0.2) is 18.3 Å². The van der Waals surface area contributed by atoms with Crippen molar-refractivity contribution in [2.24, 2.45) is 5.92 Å². The molecule has 0 aliphatic carbocycles. The number of aliphatic hydroxyl groups is 1. The number of aliphatic carboxylic acids is 1. The first kappa shape index (κ1) is 17.8. The normalized spacial score (nSPS) is 13.4. The Bertz CT molecular complexity index is 617. The van der Waals surface area contributed by atoms with Crippen molar-refractivity contribution in [3.63, 3.8) is 0 Å². The zero-order valence-corrected chi connectivity index (χ0v) is 13.5. The second kappa shape index (κ2) is 8.92. The van der Waals surface area contributed by atoms with E-state index in [0.29, 0.717) is 31.0 Å². The average Bonchev–Trinajstić information content (AvgIpc) is 3.11. The highest BCUT2D eigenvalue weighted by Gasteiger charge is 2.32. The summed E-state index contributed by atoms with van der Waals surface area (Å²) in [6.45, 7) is 2.41. The number of aromatic amines is 1. The van der Waals surface area contributed by atoms with Gasteiger partial charge in [-0.15, -0.1) is 10.2 Å². The molecule has 0 radical (unpaired) electrons. The van der Waals surface area contributed by atoms with Gasteiger partial charge >= 0.3 is 5.97 Å². The summed E-state index contributed by atoms with van der Waals surface area (Å²) in [5, 5.41) is 35.2. The van der Waals surface area contributed by atoms with Gasteiger partial charge in [-0.05, 0) is 24.5 Å². The van der Waals surface area contributed by atoms with E-state index in [0.717, 1.165) is 12.0 Å². The van der Waals surface area contributed by atoms with Gasteiger partial charge in [0.15, 0.2) is 5.82 Å². The lowest BCUT2D eigenvalue weighted by atomic mass is 9.83. The number of anilines is 1. The molecule has 0 amide bonds. The summed E-state index contributed by atoms with van der Waals surface area (Å²) < 4.78 is 0. The number of carboxylic acid groups (broad SMARTS) is 1. The fourth-order valence-corrected chi connectivity index (χ4v) is 2.64. The van der Waals surface area contributed by atoms with Crippen LogP contribution in [0.4, 0.5) is 5.82 Å². The van der Waals surface area contributed by atoms with E-state index in [2.05, 4.69) is 30.9 Å². The summed E-state index contributed by atoms with van der Waals surface area (Å²) in [5.41, 5.74) is 0.890. The maximum Gasteiger partial charge on any atom is 0.307 e. The predicted octanol–water partition coefficient (Wildman–Crippen LogP) is 0.826. The molecule has 2 heterocycles. The molecular formula is C15H22N6O3. The van der Waals surface area contributed by atoms with E-state index in [9.17, 15) is 9.90 Å². The summed E-state index contributed by atoms with van der Waals surface area (Å²) in [4.78, 5) is 15.9. The van der Waals surface area contributed by atoms with Crippen LogP contribution < -0.4 is 5.32 Å². The summed E-state index contributed by atoms with van der Waals surface area (Å²) >= 11 is 0. The van der Waals surface area contributed by atoms with Gasteiger partial charge in [0.05, 0.1) is 12.5 Å². The van der Waals surface area contributed by atoms with Crippen LogP contribution in [0.5, 0.6) is 0 Å². The van der Waals surface area contributed by atoms with Crippen LogP contribution in [0.3, 0.4) is 0 Å². The summed E-state index contributed by atoms with van der Waals surface area (Å²) in [7, 11) is 0. The van der Waals surface area contributed by atoms with E-state index in [-0.39, 0.29) is 12.5 Å². The molecule has 2 rings (SSSR count). The first-order valence-electron chi connectivity index (χ1n) is 7.91. The second-order valence-electron chi connectivity index (χ2n) is 5.52. The average molecular weight is 334 g/mol. The molecule has 2 aromatic rings. The summed E-state index contributed by atoms with van der Waals surface area (Å²) in [6.07, 6.45) is 3.45. The molecule has 0 bridgehead atoms. The number of aromatic nitrogens is 5. The van der Waals surface area contributed by atoms with Crippen molar-refractivity contribution in [3.8, 4) is 0 Å². The molecule has 0 aliphatic heterocycles. The Morgan fingerprint density at radius 3 is 2.79 bits per heavy atom. The lowest BCUT2D eigenvalue weighted by molar-refractivity contribution is -0.142. The Kier molecular flexibility index (Phi) is 6.62. The van der Waals surface area contributed by atoms with Crippen LogP contribution in [-0.2, 0) is 11.2 Å². The van der Waals surface area contributed by atoms with Crippen molar-refractivity contribution < 1.29 is 15.0 Å². The second-order valence-corrected chi connectivity index (χ2v) is 5.52. The number of carboxylic acids is 1. The maximum atomic E-state index is 11.7. The van der Waals surface area contributed by atoms with Crippen molar-refractivity contribution in [1.29, 1.82) is 0 Å². The Hall–Kier alpha value is -2.55. The maximum absolute atomic E-state index is 11.7. The van der Waals surface area contributed by atoms with Gasteiger partial charge in [-0.25, -0.2) is 4.98 Å². The van der Waals surface area contributed by atoms with Crippen molar-refractivity contribution in [2.45, 2.75) is 32.1 Å². The van der Waals surface area contributed by atoms with Crippen LogP contribution in [0.1, 0.15) is 37.1 Å². The zero-order valence-electron chi connectivity index (χ0n) is 13.5.